The number of nitrogens with zero attached hydrogens (tertiary/aromatic N) is 2. The molecule has 2 saturated heterocycles. The van der Waals surface area contributed by atoms with E-state index < -0.39 is 17.7 Å². The monoisotopic (exact) mass is 460 g/mol. The van der Waals surface area contributed by atoms with Crippen molar-refractivity contribution in [1.29, 1.82) is 0 Å². The Labute approximate surface area is 190 Å². The molecule has 2 aromatic rings. The topological polar surface area (TPSA) is 70.1 Å². The van der Waals surface area contributed by atoms with Gasteiger partial charge in [0.1, 0.15) is 5.76 Å². The van der Waals surface area contributed by atoms with Crippen LogP contribution in [0.4, 0.5) is 0 Å². The Balaban J connectivity index is 1.72. The quantitative estimate of drug-likeness (QED) is 0.418. The average molecular weight is 461 g/mol. The molecule has 2 aromatic carbocycles. The normalized spacial score (nSPS) is 21.6. The van der Waals surface area contributed by atoms with Crippen LogP contribution in [0.2, 0.25) is 10.0 Å². The van der Waals surface area contributed by atoms with E-state index in [4.69, 9.17) is 27.9 Å². The average Bonchev–Trinajstić information content (AvgIpc) is 3.04. The van der Waals surface area contributed by atoms with E-state index in [2.05, 4.69) is 4.90 Å². The number of ether oxygens (including phenoxy) is 1. The first-order valence-electron chi connectivity index (χ1n) is 10.1. The summed E-state index contributed by atoms with van der Waals surface area (Å²) in [6.07, 6.45) is 0. The minimum atomic E-state index is -0.700. The van der Waals surface area contributed by atoms with Gasteiger partial charge in [-0.1, -0.05) is 35.3 Å². The Hall–Kier alpha value is -2.38. The highest BCUT2D eigenvalue weighted by Crippen LogP contribution is 2.39. The van der Waals surface area contributed by atoms with Crippen molar-refractivity contribution < 1.29 is 19.4 Å². The number of benzene rings is 2. The molecule has 1 N–H and O–H groups in total. The minimum absolute atomic E-state index is 0.0663. The van der Waals surface area contributed by atoms with Crippen LogP contribution < -0.4 is 0 Å². The summed E-state index contributed by atoms with van der Waals surface area (Å²) in [7, 11) is 0. The van der Waals surface area contributed by atoms with Crippen LogP contribution in [-0.2, 0) is 14.3 Å². The van der Waals surface area contributed by atoms with Crippen LogP contribution in [0, 0.1) is 0 Å². The lowest BCUT2D eigenvalue weighted by molar-refractivity contribution is -0.140. The fraction of sp³-hybridized carbons (Fsp3) is 0.304. The van der Waals surface area contributed by atoms with Gasteiger partial charge in [0.25, 0.3) is 11.7 Å². The van der Waals surface area contributed by atoms with Gasteiger partial charge in [0, 0.05) is 41.8 Å². The molecular weight excluding hydrogens is 439 g/mol. The van der Waals surface area contributed by atoms with E-state index in [0.717, 1.165) is 13.1 Å². The third kappa shape index (κ3) is 4.62. The Morgan fingerprint density at radius 3 is 2.13 bits per heavy atom. The molecule has 162 valence electrons. The first-order chi connectivity index (χ1) is 15.0. The van der Waals surface area contributed by atoms with Crippen LogP contribution in [0.15, 0.2) is 54.1 Å². The number of amides is 1. The Bertz CT molecular complexity index is 999. The summed E-state index contributed by atoms with van der Waals surface area (Å²) in [5, 5.41) is 12.1. The highest BCUT2D eigenvalue weighted by atomic mass is 35.5. The fourth-order valence-corrected chi connectivity index (χ4v) is 4.19. The van der Waals surface area contributed by atoms with E-state index in [0.29, 0.717) is 47.5 Å². The summed E-state index contributed by atoms with van der Waals surface area (Å²) in [6, 6.07) is 12.8. The van der Waals surface area contributed by atoms with Crippen molar-refractivity contribution in [3.63, 3.8) is 0 Å². The molecule has 4 rings (SSSR count). The van der Waals surface area contributed by atoms with Crippen LogP contribution in [0.1, 0.15) is 17.2 Å². The van der Waals surface area contributed by atoms with Crippen molar-refractivity contribution in [1.82, 2.24) is 9.80 Å². The molecular formula is C23H22Cl2N2O4. The Morgan fingerprint density at radius 1 is 0.935 bits per heavy atom. The number of ketones is 1. The van der Waals surface area contributed by atoms with Crippen LogP contribution >= 0.6 is 23.2 Å². The second-order valence-electron chi connectivity index (χ2n) is 7.50. The molecule has 6 nitrogen and oxygen atoms in total. The van der Waals surface area contributed by atoms with Gasteiger partial charge >= 0.3 is 0 Å². The van der Waals surface area contributed by atoms with Gasteiger partial charge in [0.2, 0.25) is 0 Å². The highest BCUT2D eigenvalue weighted by Gasteiger charge is 2.46. The van der Waals surface area contributed by atoms with Crippen LogP contribution in [-0.4, -0.2) is 66.0 Å². The van der Waals surface area contributed by atoms with Crippen LogP contribution in [0.3, 0.4) is 0 Å². The number of likely N-dealkylation sites (tertiary alicyclic amines) is 1. The molecule has 0 spiro atoms. The largest absolute Gasteiger partial charge is 0.507 e. The Morgan fingerprint density at radius 2 is 1.52 bits per heavy atom. The van der Waals surface area contributed by atoms with Crippen molar-refractivity contribution in [2.75, 3.05) is 39.4 Å². The lowest BCUT2D eigenvalue weighted by Crippen LogP contribution is -2.42. The molecule has 0 aliphatic carbocycles. The maximum atomic E-state index is 13.0. The zero-order chi connectivity index (χ0) is 22.0. The van der Waals surface area contributed by atoms with E-state index in [9.17, 15) is 14.7 Å². The second kappa shape index (κ2) is 9.40. The maximum absolute atomic E-state index is 13.0. The van der Waals surface area contributed by atoms with Crippen molar-refractivity contribution in [3.8, 4) is 0 Å². The third-order valence-corrected chi connectivity index (χ3v) is 6.11. The molecule has 0 bridgehead atoms. The number of halogens is 2. The molecule has 0 aromatic heterocycles. The lowest BCUT2D eigenvalue weighted by Gasteiger charge is -2.31. The molecule has 2 aliphatic heterocycles. The fourth-order valence-electron chi connectivity index (χ4n) is 3.94. The first kappa shape index (κ1) is 21.8. The van der Waals surface area contributed by atoms with Crippen molar-refractivity contribution >= 4 is 40.7 Å². The predicted molar refractivity (Wildman–Crippen MR) is 119 cm³/mol. The van der Waals surface area contributed by atoms with Gasteiger partial charge in [-0.2, -0.15) is 0 Å². The lowest BCUT2D eigenvalue weighted by atomic mass is 9.95. The molecule has 1 unspecified atom stereocenters. The van der Waals surface area contributed by atoms with Crippen molar-refractivity contribution in [3.05, 3.63) is 75.3 Å². The molecule has 1 atom stereocenters. The molecule has 2 heterocycles. The van der Waals surface area contributed by atoms with Gasteiger partial charge in [-0.15, -0.1) is 0 Å². The van der Waals surface area contributed by atoms with Gasteiger partial charge in [-0.05, 0) is 42.0 Å². The van der Waals surface area contributed by atoms with E-state index in [1.165, 1.54) is 4.90 Å². The number of carbonyl (C=O) groups is 2. The summed E-state index contributed by atoms with van der Waals surface area (Å²) in [5.41, 5.74) is 1.20. The van der Waals surface area contributed by atoms with Crippen molar-refractivity contribution in [2.24, 2.45) is 0 Å². The second-order valence-corrected chi connectivity index (χ2v) is 8.38. The van der Waals surface area contributed by atoms with Crippen LogP contribution in [0.25, 0.3) is 5.76 Å². The number of morpholine rings is 1. The molecule has 2 aliphatic rings. The van der Waals surface area contributed by atoms with E-state index in [1.807, 2.05) is 0 Å². The zero-order valence-electron chi connectivity index (χ0n) is 16.8. The number of aliphatic hydroxyl groups is 1. The first-order valence-corrected chi connectivity index (χ1v) is 10.8. The summed E-state index contributed by atoms with van der Waals surface area (Å²) in [6.45, 7) is 3.82. The molecule has 31 heavy (non-hydrogen) atoms. The molecule has 2 fully saturated rings. The zero-order valence-corrected chi connectivity index (χ0v) is 18.3. The summed E-state index contributed by atoms with van der Waals surface area (Å²) < 4.78 is 5.38. The standard InChI is InChI=1S/C23H22Cl2N2O4/c24-17-5-1-15(2-6-17)20-19(21(28)16-3-7-18(25)8-4-16)22(29)23(30)27(20)10-9-26-11-13-31-14-12-26/h1-8,20,28H,9-14H2. The molecule has 1 amide bonds. The van der Waals surface area contributed by atoms with E-state index in [-0.39, 0.29) is 11.3 Å². The predicted octanol–water partition coefficient (Wildman–Crippen LogP) is 3.75. The minimum Gasteiger partial charge on any atom is -0.507 e. The number of aliphatic hydroxyl groups excluding tert-OH is 1. The third-order valence-electron chi connectivity index (χ3n) is 5.60. The molecule has 0 radical (unpaired) electrons. The van der Waals surface area contributed by atoms with Gasteiger partial charge in [0.15, 0.2) is 0 Å². The number of hydrogen-bond acceptors (Lipinski definition) is 5. The smallest absolute Gasteiger partial charge is 0.295 e. The van der Waals surface area contributed by atoms with E-state index >= 15 is 0 Å². The number of hydrogen-bond donors (Lipinski definition) is 1. The molecule has 8 heteroatoms. The number of carbonyl (C=O) groups excluding carboxylic acids is 2. The number of Topliss-reactive ketones (excluding diaryl/α,β-unsaturated/α-hetero) is 1. The SMILES string of the molecule is O=C1C(=O)N(CCN2CCOCC2)C(c2ccc(Cl)cc2)C1=C(O)c1ccc(Cl)cc1. The van der Waals surface area contributed by atoms with Crippen molar-refractivity contribution in [2.45, 2.75) is 6.04 Å². The van der Waals surface area contributed by atoms with E-state index in [1.54, 1.807) is 48.5 Å². The van der Waals surface area contributed by atoms with Gasteiger partial charge in [-0.3, -0.25) is 14.5 Å². The summed E-state index contributed by atoms with van der Waals surface area (Å²) in [5.74, 6) is -1.54. The van der Waals surface area contributed by atoms with Gasteiger partial charge < -0.3 is 14.7 Å². The summed E-state index contributed by atoms with van der Waals surface area (Å²) in [4.78, 5) is 29.7. The molecule has 0 saturated carbocycles. The van der Waals surface area contributed by atoms with Gasteiger partial charge in [0.05, 0.1) is 24.8 Å². The van der Waals surface area contributed by atoms with Gasteiger partial charge in [-0.25, -0.2) is 0 Å². The highest BCUT2D eigenvalue weighted by molar-refractivity contribution is 6.46. The van der Waals surface area contributed by atoms with Crippen LogP contribution in [0.5, 0.6) is 0 Å². The maximum Gasteiger partial charge on any atom is 0.295 e. The number of rotatable bonds is 5. The Kier molecular flexibility index (Phi) is 6.62. The summed E-state index contributed by atoms with van der Waals surface area (Å²) >= 11 is 12.0.